The van der Waals surface area contributed by atoms with Gasteiger partial charge in [-0.2, -0.15) is 0 Å². The van der Waals surface area contributed by atoms with E-state index in [1.54, 1.807) is 0 Å². The maximum absolute atomic E-state index is 4.79. The number of benzene rings is 2. The molecular weight excluding hydrogens is 218 g/mol. The summed E-state index contributed by atoms with van der Waals surface area (Å²) in [5.41, 5.74) is 9.00. The minimum absolute atomic E-state index is 0.959. The Kier molecular flexibility index (Phi) is 2.55. The predicted octanol–water partition coefficient (Wildman–Crippen LogP) is 4.29. The molecule has 0 fully saturated rings. The van der Waals surface area contributed by atoms with Crippen molar-refractivity contribution in [2.45, 2.75) is 27.2 Å². The molecule has 3 rings (SSSR count). The molecule has 0 radical (unpaired) electrons. The number of nitrogens with zero attached hydrogens (tertiary/aromatic N) is 1. The van der Waals surface area contributed by atoms with E-state index in [2.05, 4.69) is 57.2 Å². The molecule has 0 atom stereocenters. The van der Waals surface area contributed by atoms with Crippen LogP contribution in [0.1, 0.15) is 27.8 Å². The highest BCUT2D eigenvalue weighted by atomic mass is 14.8. The first-order valence-corrected chi connectivity index (χ1v) is 6.39. The van der Waals surface area contributed by atoms with Gasteiger partial charge in [-0.25, -0.2) is 0 Å². The van der Waals surface area contributed by atoms with Crippen molar-refractivity contribution in [2.75, 3.05) is 0 Å². The molecule has 2 aromatic carbocycles. The minimum Gasteiger partial charge on any atom is -0.252 e. The van der Waals surface area contributed by atoms with Crippen molar-refractivity contribution >= 4 is 11.4 Å². The third kappa shape index (κ3) is 1.76. The zero-order chi connectivity index (χ0) is 12.7. The zero-order valence-corrected chi connectivity index (χ0v) is 11.1. The number of aryl methyl sites for hydroxylation is 3. The summed E-state index contributed by atoms with van der Waals surface area (Å²) in [6.07, 6.45) is 0.959. The van der Waals surface area contributed by atoms with Crippen LogP contribution in [0.25, 0.3) is 0 Å². The lowest BCUT2D eigenvalue weighted by Gasteiger charge is -2.11. The van der Waals surface area contributed by atoms with Crippen molar-refractivity contribution < 1.29 is 0 Å². The van der Waals surface area contributed by atoms with Gasteiger partial charge in [-0.15, -0.1) is 0 Å². The molecule has 1 nitrogen and oxygen atoms in total. The second-order valence-corrected chi connectivity index (χ2v) is 5.14. The lowest BCUT2D eigenvalue weighted by Crippen LogP contribution is -2.06. The summed E-state index contributed by atoms with van der Waals surface area (Å²) in [5, 5.41) is 0. The summed E-state index contributed by atoms with van der Waals surface area (Å²) >= 11 is 0. The first-order valence-electron chi connectivity index (χ1n) is 6.39. The molecular formula is C17H17N. The molecule has 1 aliphatic heterocycles. The average Bonchev–Trinajstić information content (AvgIpc) is 2.70. The number of rotatable bonds is 1. The quantitative estimate of drug-likeness (QED) is 0.699. The zero-order valence-electron chi connectivity index (χ0n) is 11.1. The summed E-state index contributed by atoms with van der Waals surface area (Å²) in [6, 6.07) is 12.9. The van der Waals surface area contributed by atoms with Crippen molar-refractivity contribution in [3.8, 4) is 0 Å². The van der Waals surface area contributed by atoms with Gasteiger partial charge >= 0.3 is 0 Å². The van der Waals surface area contributed by atoms with Gasteiger partial charge in [-0.05, 0) is 43.5 Å². The van der Waals surface area contributed by atoms with Crippen molar-refractivity contribution in [1.29, 1.82) is 0 Å². The topological polar surface area (TPSA) is 12.4 Å². The van der Waals surface area contributed by atoms with Gasteiger partial charge in [0.25, 0.3) is 0 Å². The van der Waals surface area contributed by atoms with E-state index in [9.17, 15) is 0 Å². The maximum Gasteiger partial charge on any atom is 0.0669 e. The van der Waals surface area contributed by atoms with Crippen LogP contribution in [0.2, 0.25) is 0 Å². The lowest BCUT2D eigenvalue weighted by atomic mass is 9.94. The van der Waals surface area contributed by atoms with E-state index >= 15 is 0 Å². The predicted molar refractivity (Wildman–Crippen MR) is 77.0 cm³/mol. The van der Waals surface area contributed by atoms with E-state index in [1.165, 1.54) is 33.5 Å². The normalized spacial score (nSPS) is 13.4. The highest BCUT2D eigenvalue weighted by molar-refractivity contribution is 6.08. The van der Waals surface area contributed by atoms with Gasteiger partial charge in [-0.3, -0.25) is 4.99 Å². The molecule has 1 aliphatic rings. The molecule has 0 unspecified atom stereocenters. The molecule has 1 heteroatoms. The summed E-state index contributed by atoms with van der Waals surface area (Å²) in [6.45, 7) is 6.51. The van der Waals surface area contributed by atoms with Crippen LogP contribution < -0.4 is 0 Å². The van der Waals surface area contributed by atoms with Crippen molar-refractivity contribution in [3.05, 3.63) is 64.2 Å². The van der Waals surface area contributed by atoms with Crippen LogP contribution in [-0.4, -0.2) is 5.71 Å². The minimum atomic E-state index is 0.959. The number of fused-ring (bicyclic) bond motifs is 1. The van der Waals surface area contributed by atoms with Gasteiger partial charge in [0.15, 0.2) is 0 Å². The Morgan fingerprint density at radius 3 is 2.28 bits per heavy atom. The first kappa shape index (κ1) is 11.2. The van der Waals surface area contributed by atoms with Crippen molar-refractivity contribution in [3.63, 3.8) is 0 Å². The van der Waals surface area contributed by atoms with Crippen LogP contribution in [0.3, 0.4) is 0 Å². The van der Waals surface area contributed by atoms with Gasteiger partial charge in [0, 0.05) is 12.0 Å². The monoisotopic (exact) mass is 235 g/mol. The molecule has 0 aromatic heterocycles. The SMILES string of the molecule is Cc1cc(C)c(C2=Nc3ccccc3C2)c(C)c1. The maximum atomic E-state index is 4.79. The van der Waals surface area contributed by atoms with Crippen molar-refractivity contribution in [2.24, 2.45) is 4.99 Å². The lowest BCUT2D eigenvalue weighted by molar-refractivity contribution is 1.28. The van der Waals surface area contributed by atoms with E-state index < -0.39 is 0 Å². The van der Waals surface area contributed by atoms with Crippen LogP contribution in [0.4, 0.5) is 5.69 Å². The number of hydrogen-bond donors (Lipinski definition) is 0. The van der Waals surface area contributed by atoms with E-state index in [4.69, 9.17) is 4.99 Å². The third-order valence-electron chi connectivity index (χ3n) is 3.57. The van der Waals surface area contributed by atoms with Crippen LogP contribution in [0, 0.1) is 20.8 Å². The summed E-state index contributed by atoms with van der Waals surface area (Å²) in [7, 11) is 0. The second kappa shape index (κ2) is 4.09. The van der Waals surface area contributed by atoms with Gasteiger partial charge in [-0.1, -0.05) is 35.9 Å². The fourth-order valence-corrected chi connectivity index (χ4v) is 2.91. The van der Waals surface area contributed by atoms with Crippen molar-refractivity contribution in [1.82, 2.24) is 0 Å². The number of para-hydroxylation sites is 1. The molecule has 0 spiro atoms. The van der Waals surface area contributed by atoms with E-state index in [-0.39, 0.29) is 0 Å². The van der Waals surface area contributed by atoms with Gasteiger partial charge in [0.2, 0.25) is 0 Å². The highest BCUT2D eigenvalue weighted by Crippen LogP contribution is 2.30. The van der Waals surface area contributed by atoms with Crippen LogP contribution >= 0.6 is 0 Å². The highest BCUT2D eigenvalue weighted by Gasteiger charge is 2.18. The molecule has 0 bridgehead atoms. The first-order chi connectivity index (χ1) is 8.65. The van der Waals surface area contributed by atoms with Crippen LogP contribution in [0.15, 0.2) is 41.4 Å². The Morgan fingerprint density at radius 2 is 1.61 bits per heavy atom. The second-order valence-electron chi connectivity index (χ2n) is 5.14. The largest absolute Gasteiger partial charge is 0.252 e. The van der Waals surface area contributed by atoms with E-state index in [1.807, 2.05) is 0 Å². The molecule has 0 amide bonds. The number of aliphatic imine (C=N–C) groups is 1. The Balaban J connectivity index is 2.10. The molecule has 0 saturated heterocycles. The average molecular weight is 235 g/mol. The molecule has 2 aromatic rings. The van der Waals surface area contributed by atoms with E-state index in [0.717, 1.165) is 12.1 Å². The van der Waals surface area contributed by atoms with Crippen LogP contribution in [-0.2, 0) is 6.42 Å². The third-order valence-corrected chi connectivity index (χ3v) is 3.57. The smallest absolute Gasteiger partial charge is 0.0669 e. The van der Waals surface area contributed by atoms with Crippen LogP contribution in [0.5, 0.6) is 0 Å². The standard InChI is InChI=1S/C17H17N/c1-11-8-12(2)17(13(3)9-11)16-10-14-6-4-5-7-15(14)18-16/h4-9H,10H2,1-3H3. The van der Waals surface area contributed by atoms with E-state index in [0.29, 0.717) is 0 Å². The van der Waals surface area contributed by atoms with Gasteiger partial charge < -0.3 is 0 Å². The number of hydrogen-bond acceptors (Lipinski definition) is 1. The molecule has 18 heavy (non-hydrogen) atoms. The molecule has 0 saturated carbocycles. The molecule has 90 valence electrons. The fraction of sp³-hybridized carbons (Fsp3) is 0.235. The van der Waals surface area contributed by atoms with Gasteiger partial charge in [0.05, 0.1) is 11.4 Å². The fourth-order valence-electron chi connectivity index (χ4n) is 2.91. The Morgan fingerprint density at radius 1 is 0.944 bits per heavy atom. The summed E-state index contributed by atoms with van der Waals surface area (Å²) < 4.78 is 0. The van der Waals surface area contributed by atoms with Gasteiger partial charge in [0.1, 0.15) is 0 Å². The molecule has 1 heterocycles. The molecule has 0 N–H and O–H groups in total. The summed E-state index contributed by atoms with van der Waals surface area (Å²) in [4.78, 5) is 4.79. The Labute approximate surface area is 108 Å². The summed E-state index contributed by atoms with van der Waals surface area (Å²) in [5.74, 6) is 0. The molecule has 0 aliphatic carbocycles. The Bertz CT molecular complexity index is 627. The Hall–Kier alpha value is -1.89.